The third-order valence-electron chi connectivity index (χ3n) is 5.24. The summed E-state index contributed by atoms with van der Waals surface area (Å²) in [7, 11) is 3.96. The first-order valence-corrected chi connectivity index (χ1v) is 10.0. The lowest BCUT2D eigenvalue weighted by Crippen LogP contribution is -2.37. The molecule has 6 heteroatoms. The molecule has 156 valence electrons. The van der Waals surface area contributed by atoms with E-state index in [0.717, 1.165) is 48.9 Å². The van der Waals surface area contributed by atoms with Gasteiger partial charge in [0.2, 0.25) is 5.91 Å². The van der Waals surface area contributed by atoms with Crippen LogP contribution in [0.4, 0.5) is 14.5 Å². The number of rotatable bonds is 8. The predicted molar refractivity (Wildman–Crippen MR) is 110 cm³/mol. The number of halogens is 2. The van der Waals surface area contributed by atoms with Crippen molar-refractivity contribution >= 4 is 11.6 Å². The minimum absolute atomic E-state index is 0.0332. The molecule has 0 bridgehead atoms. The Bertz CT molecular complexity index is 818. The minimum Gasteiger partial charge on any atom is -0.378 e. The largest absolute Gasteiger partial charge is 0.378 e. The van der Waals surface area contributed by atoms with Crippen molar-refractivity contribution in [3.8, 4) is 0 Å². The van der Waals surface area contributed by atoms with Crippen molar-refractivity contribution in [1.29, 1.82) is 0 Å². The number of amides is 1. The Hall–Kier alpha value is -2.47. The molecule has 1 atom stereocenters. The molecule has 1 aliphatic heterocycles. The molecule has 0 saturated carbocycles. The molecule has 1 unspecified atom stereocenters. The zero-order valence-corrected chi connectivity index (χ0v) is 17.0. The van der Waals surface area contributed by atoms with Crippen LogP contribution in [0.3, 0.4) is 0 Å². The Morgan fingerprint density at radius 3 is 2.55 bits per heavy atom. The van der Waals surface area contributed by atoms with Crippen molar-refractivity contribution in [2.45, 2.75) is 38.3 Å². The molecule has 1 fully saturated rings. The molecular weight excluding hydrogens is 374 g/mol. The fraction of sp³-hybridized carbons (Fsp3) is 0.435. The van der Waals surface area contributed by atoms with E-state index in [1.807, 2.05) is 43.3 Å². The van der Waals surface area contributed by atoms with Gasteiger partial charge < -0.3 is 14.5 Å². The van der Waals surface area contributed by atoms with Gasteiger partial charge in [-0.25, -0.2) is 8.78 Å². The van der Waals surface area contributed by atoms with Gasteiger partial charge in [0.25, 0.3) is 0 Å². The summed E-state index contributed by atoms with van der Waals surface area (Å²) in [5.74, 6) is -1.06. The smallest absolute Gasteiger partial charge is 0.223 e. The number of hydrogen-bond donors (Lipinski definition) is 0. The number of benzene rings is 2. The summed E-state index contributed by atoms with van der Waals surface area (Å²) in [5.41, 5.74) is 2.34. The highest BCUT2D eigenvalue weighted by molar-refractivity contribution is 5.76. The highest BCUT2D eigenvalue weighted by Gasteiger charge is 2.23. The van der Waals surface area contributed by atoms with Gasteiger partial charge in [-0.1, -0.05) is 12.1 Å². The number of anilines is 1. The molecule has 0 radical (unpaired) electrons. The third kappa shape index (κ3) is 6.00. The van der Waals surface area contributed by atoms with Crippen LogP contribution in [0.2, 0.25) is 0 Å². The Balaban J connectivity index is 1.68. The summed E-state index contributed by atoms with van der Waals surface area (Å²) in [6.07, 6.45) is 2.26. The average Bonchev–Trinajstić information content (AvgIpc) is 3.21. The topological polar surface area (TPSA) is 32.8 Å². The zero-order chi connectivity index (χ0) is 20.8. The lowest BCUT2D eigenvalue weighted by molar-refractivity contribution is -0.133. The van der Waals surface area contributed by atoms with Crippen LogP contribution in [0.15, 0.2) is 42.5 Å². The summed E-state index contributed by atoms with van der Waals surface area (Å²) >= 11 is 0. The second-order valence-electron chi connectivity index (χ2n) is 7.71. The highest BCUT2D eigenvalue weighted by Crippen LogP contribution is 2.19. The number of carbonyl (C=O) groups is 1. The van der Waals surface area contributed by atoms with Gasteiger partial charge >= 0.3 is 0 Å². The van der Waals surface area contributed by atoms with Crippen LogP contribution in [0.1, 0.15) is 30.4 Å². The normalized spacial score (nSPS) is 16.1. The van der Waals surface area contributed by atoms with E-state index in [9.17, 15) is 13.6 Å². The molecule has 0 spiro atoms. The van der Waals surface area contributed by atoms with Crippen molar-refractivity contribution in [3.05, 3.63) is 65.2 Å². The lowest BCUT2D eigenvalue weighted by atomic mass is 10.1. The van der Waals surface area contributed by atoms with Crippen molar-refractivity contribution in [2.75, 3.05) is 32.1 Å². The summed E-state index contributed by atoms with van der Waals surface area (Å²) < 4.78 is 33.0. The lowest BCUT2D eigenvalue weighted by Gasteiger charge is -2.26. The minimum atomic E-state index is -0.494. The number of hydrogen-bond acceptors (Lipinski definition) is 3. The van der Waals surface area contributed by atoms with Crippen molar-refractivity contribution in [3.63, 3.8) is 0 Å². The second-order valence-corrected chi connectivity index (χ2v) is 7.71. The maximum Gasteiger partial charge on any atom is 0.223 e. The number of ether oxygens (including phenoxy) is 1. The number of carbonyl (C=O) groups excluding carboxylic acids is 1. The first-order valence-electron chi connectivity index (χ1n) is 10.0. The van der Waals surface area contributed by atoms with E-state index < -0.39 is 11.6 Å². The SMILES string of the molecule is CN(C)c1ccc(CN(CC2CCCO2)C(=O)CCc2cc(F)ccc2F)cc1. The summed E-state index contributed by atoms with van der Waals surface area (Å²) in [6.45, 7) is 1.71. The molecule has 4 nitrogen and oxygen atoms in total. The van der Waals surface area contributed by atoms with Crippen LogP contribution in [0.5, 0.6) is 0 Å². The van der Waals surface area contributed by atoms with Crippen LogP contribution < -0.4 is 4.90 Å². The van der Waals surface area contributed by atoms with E-state index in [2.05, 4.69) is 0 Å². The van der Waals surface area contributed by atoms with Crippen LogP contribution >= 0.6 is 0 Å². The second kappa shape index (κ2) is 9.83. The van der Waals surface area contributed by atoms with Crippen LogP contribution in [-0.4, -0.2) is 44.2 Å². The van der Waals surface area contributed by atoms with Crippen molar-refractivity contribution < 1.29 is 18.3 Å². The molecule has 2 aromatic rings. The molecular formula is C23H28F2N2O2. The van der Waals surface area contributed by atoms with Gasteiger partial charge in [0.15, 0.2) is 0 Å². The first kappa shape index (κ1) is 21.2. The molecule has 0 N–H and O–H groups in total. The van der Waals surface area contributed by atoms with Gasteiger partial charge in [0.05, 0.1) is 6.10 Å². The molecule has 1 heterocycles. The van der Waals surface area contributed by atoms with Gasteiger partial charge in [-0.05, 0) is 60.7 Å². The van der Waals surface area contributed by atoms with Gasteiger partial charge in [-0.3, -0.25) is 4.79 Å². The maximum absolute atomic E-state index is 13.9. The van der Waals surface area contributed by atoms with Crippen LogP contribution in [0.25, 0.3) is 0 Å². The first-order chi connectivity index (χ1) is 13.9. The predicted octanol–water partition coefficient (Wildman–Crippen LogP) is 4.17. The Morgan fingerprint density at radius 2 is 1.90 bits per heavy atom. The molecule has 2 aromatic carbocycles. The zero-order valence-electron chi connectivity index (χ0n) is 17.0. The maximum atomic E-state index is 13.9. The Kier molecular flexibility index (Phi) is 7.20. The van der Waals surface area contributed by atoms with Crippen LogP contribution in [0, 0.1) is 11.6 Å². The van der Waals surface area contributed by atoms with Gasteiger partial charge in [-0.15, -0.1) is 0 Å². The third-order valence-corrected chi connectivity index (χ3v) is 5.24. The van der Waals surface area contributed by atoms with Crippen molar-refractivity contribution in [2.24, 2.45) is 0 Å². The number of aryl methyl sites for hydroxylation is 1. The molecule has 0 aliphatic carbocycles. The molecule has 0 aromatic heterocycles. The fourth-order valence-corrected chi connectivity index (χ4v) is 3.54. The van der Waals surface area contributed by atoms with E-state index in [1.165, 1.54) is 0 Å². The van der Waals surface area contributed by atoms with E-state index in [0.29, 0.717) is 13.1 Å². The molecule has 3 rings (SSSR count). The molecule has 1 aliphatic rings. The highest BCUT2D eigenvalue weighted by atomic mass is 19.1. The molecule has 1 saturated heterocycles. The Labute approximate surface area is 171 Å². The van der Waals surface area contributed by atoms with Gasteiger partial charge in [-0.2, -0.15) is 0 Å². The van der Waals surface area contributed by atoms with E-state index in [1.54, 1.807) is 4.90 Å². The average molecular weight is 402 g/mol. The van der Waals surface area contributed by atoms with E-state index >= 15 is 0 Å². The van der Waals surface area contributed by atoms with E-state index in [-0.39, 0.29) is 30.4 Å². The summed E-state index contributed by atoms with van der Waals surface area (Å²) in [4.78, 5) is 16.7. The van der Waals surface area contributed by atoms with E-state index in [4.69, 9.17) is 4.74 Å². The summed E-state index contributed by atoms with van der Waals surface area (Å²) in [5, 5.41) is 0. The quantitative estimate of drug-likeness (QED) is 0.664. The molecule has 29 heavy (non-hydrogen) atoms. The van der Waals surface area contributed by atoms with Gasteiger partial charge in [0.1, 0.15) is 11.6 Å². The Morgan fingerprint density at radius 1 is 1.14 bits per heavy atom. The van der Waals surface area contributed by atoms with Gasteiger partial charge in [0, 0.05) is 45.9 Å². The standard InChI is InChI=1S/C23H28F2N2O2/c1-26(2)20-9-5-17(6-10-20)15-27(16-21-4-3-13-29-21)23(28)12-7-18-14-19(24)8-11-22(18)25/h5-6,8-11,14,21H,3-4,7,12-13,15-16H2,1-2H3. The fourth-order valence-electron chi connectivity index (χ4n) is 3.54. The summed E-state index contributed by atoms with van der Waals surface area (Å²) in [6, 6.07) is 11.4. The number of nitrogens with zero attached hydrogens (tertiary/aromatic N) is 2. The molecule has 1 amide bonds. The van der Waals surface area contributed by atoms with Crippen LogP contribution in [-0.2, 0) is 22.5 Å². The van der Waals surface area contributed by atoms with Crippen molar-refractivity contribution in [1.82, 2.24) is 4.90 Å². The monoisotopic (exact) mass is 402 g/mol.